The molecule has 3 aromatic rings. The van der Waals surface area contributed by atoms with Crippen LogP contribution in [0.1, 0.15) is 5.56 Å². The minimum absolute atomic E-state index is 0.129. The number of benzene rings is 2. The number of aromatic hydroxyl groups is 1. The van der Waals surface area contributed by atoms with Gasteiger partial charge in [-0.05, 0) is 12.2 Å². The molecular weight excluding hydrogens is 376 g/mol. The first-order chi connectivity index (χ1) is 12.9. The SMILES string of the molecule is O=[N+]([O-])c1cc(C=Nn2c(-c3ccccc3)n[nH]c2=S)c(O)c([N+](=O)[O-])c1. The van der Waals surface area contributed by atoms with Crippen molar-refractivity contribution in [3.63, 3.8) is 0 Å². The van der Waals surface area contributed by atoms with Crippen LogP contribution in [-0.2, 0) is 0 Å². The highest BCUT2D eigenvalue weighted by molar-refractivity contribution is 7.71. The Morgan fingerprint density at radius 3 is 2.52 bits per heavy atom. The number of hydrogen-bond donors (Lipinski definition) is 2. The van der Waals surface area contributed by atoms with Crippen LogP contribution in [0.4, 0.5) is 11.4 Å². The second-order valence-electron chi connectivity index (χ2n) is 5.19. The van der Waals surface area contributed by atoms with Gasteiger partial charge in [0.05, 0.1) is 27.7 Å². The van der Waals surface area contributed by atoms with E-state index in [0.29, 0.717) is 17.5 Å². The molecule has 0 bridgehead atoms. The zero-order chi connectivity index (χ0) is 19.6. The molecule has 0 aliphatic carbocycles. The molecular formula is C15H10N6O5S. The molecule has 0 fully saturated rings. The minimum atomic E-state index is -0.918. The fraction of sp³-hybridized carbons (Fsp3) is 0. The summed E-state index contributed by atoms with van der Waals surface area (Å²) in [6, 6.07) is 10.6. The first kappa shape index (κ1) is 17.9. The lowest BCUT2D eigenvalue weighted by atomic mass is 10.1. The summed E-state index contributed by atoms with van der Waals surface area (Å²) in [6.07, 6.45) is 1.03. The lowest BCUT2D eigenvalue weighted by Gasteiger charge is -2.02. The number of H-pyrrole nitrogens is 1. The highest BCUT2D eigenvalue weighted by Crippen LogP contribution is 2.33. The third-order valence-electron chi connectivity index (χ3n) is 3.51. The van der Waals surface area contributed by atoms with Crippen molar-refractivity contribution < 1.29 is 15.0 Å². The first-order valence-electron chi connectivity index (χ1n) is 7.31. The summed E-state index contributed by atoms with van der Waals surface area (Å²) in [4.78, 5) is 20.3. The lowest BCUT2D eigenvalue weighted by Crippen LogP contribution is -1.98. The molecule has 2 aromatic carbocycles. The van der Waals surface area contributed by atoms with Crippen molar-refractivity contribution in [1.29, 1.82) is 0 Å². The van der Waals surface area contributed by atoms with Gasteiger partial charge in [0.25, 0.3) is 5.69 Å². The number of non-ortho nitro benzene ring substituents is 1. The predicted octanol–water partition coefficient (Wildman–Crippen LogP) is 3.01. The van der Waals surface area contributed by atoms with Crippen molar-refractivity contribution in [3.05, 3.63) is 73.0 Å². The van der Waals surface area contributed by atoms with Crippen molar-refractivity contribution >= 4 is 29.8 Å². The van der Waals surface area contributed by atoms with Crippen LogP contribution >= 0.6 is 12.2 Å². The Balaban J connectivity index is 2.10. The fourth-order valence-electron chi connectivity index (χ4n) is 2.26. The van der Waals surface area contributed by atoms with Crippen molar-refractivity contribution in [1.82, 2.24) is 14.9 Å². The fourth-order valence-corrected chi connectivity index (χ4v) is 2.44. The number of nitro benzene ring substituents is 2. The second kappa shape index (κ2) is 7.13. The quantitative estimate of drug-likeness (QED) is 0.296. The van der Waals surface area contributed by atoms with E-state index in [1.165, 1.54) is 4.68 Å². The molecule has 2 N–H and O–H groups in total. The maximum atomic E-state index is 11.0. The molecule has 27 heavy (non-hydrogen) atoms. The summed E-state index contributed by atoms with van der Waals surface area (Å²) in [5, 5.41) is 42.7. The third kappa shape index (κ3) is 3.55. The van der Waals surface area contributed by atoms with E-state index in [9.17, 15) is 25.3 Å². The molecule has 11 nitrogen and oxygen atoms in total. The Hall–Kier alpha value is -3.93. The van der Waals surface area contributed by atoms with Gasteiger partial charge >= 0.3 is 5.69 Å². The summed E-state index contributed by atoms with van der Waals surface area (Å²) >= 11 is 5.11. The van der Waals surface area contributed by atoms with Crippen LogP contribution in [0.2, 0.25) is 0 Å². The molecule has 0 saturated carbocycles. The zero-order valence-electron chi connectivity index (χ0n) is 13.3. The van der Waals surface area contributed by atoms with Crippen molar-refractivity contribution in [2.75, 3.05) is 0 Å². The Morgan fingerprint density at radius 2 is 1.89 bits per heavy atom. The van der Waals surface area contributed by atoms with Crippen LogP contribution in [0.25, 0.3) is 11.4 Å². The molecule has 1 heterocycles. The first-order valence-corrected chi connectivity index (χ1v) is 7.72. The maximum Gasteiger partial charge on any atom is 0.318 e. The normalized spacial score (nSPS) is 11.0. The molecule has 0 aliphatic heterocycles. The smallest absolute Gasteiger partial charge is 0.318 e. The Kier molecular flexibility index (Phi) is 4.72. The number of nitrogens with one attached hydrogen (secondary N) is 1. The van der Waals surface area contributed by atoms with Gasteiger partial charge in [-0.2, -0.15) is 14.9 Å². The highest BCUT2D eigenvalue weighted by Gasteiger charge is 2.23. The Morgan fingerprint density at radius 1 is 1.19 bits per heavy atom. The standard InChI is InChI=1S/C15H10N6O5S/c22-13-10(6-11(20(23)24)7-12(13)21(25)26)8-16-19-14(17-18-15(19)27)9-4-2-1-3-5-9/h1-8,22H,(H,18,27). The Labute approximate surface area is 155 Å². The number of phenolic OH excluding ortho intramolecular Hbond substituents is 1. The average Bonchev–Trinajstić information content (AvgIpc) is 3.01. The number of hydrogen-bond acceptors (Lipinski definition) is 8. The molecule has 1 aromatic heterocycles. The number of nitrogens with zero attached hydrogens (tertiary/aromatic N) is 5. The van der Waals surface area contributed by atoms with E-state index in [1.54, 1.807) is 24.3 Å². The Bertz CT molecular complexity index is 1120. The summed E-state index contributed by atoms with van der Waals surface area (Å²) in [5.41, 5.74) is -0.876. The van der Waals surface area contributed by atoms with Gasteiger partial charge in [-0.1, -0.05) is 30.3 Å². The van der Waals surface area contributed by atoms with Crippen LogP contribution in [-0.4, -0.2) is 36.0 Å². The predicted molar refractivity (Wildman–Crippen MR) is 97.3 cm³/mol. The van der Waals surface area contributed by atoms with E-state index < -0.39 is 27.0 Å². The van der Waals surface area contributed by atoms with Gasteiger partial charge in [-0.15, -0.1) is 0 Å². The molecule has 0 atom stereocenters. The topological polar surface area (TPSA) is 152 Å². The van der Waals surface area contributed by atoms with Crippen molar-refractivity contribution in [2.45, 2.75) is 0 Å². The number of rotatable bonds is 5. The molecule has 0 radical (unpaired) electrons. The molecule has 0 spiro atoms. The van der Waals surface area contributed by atoms with E-state index >= 15 is 0 Å². The third-order valence-corrected chi connectivity index (χ3v) is 3.77. The van der Waals surface area contributed by atoms with Gasteiger partial charge in [0.2, 0.25) is 10.5 Å². The van der Waals surface area contributed by atoms with Crippen LogP contribution in [0, 0.1) is 25.0 Å². The van der Waals surface area contributed by atoms with Crippen LogP contribution < -0.4 is 0 Å². The minimum Gasteiger partial charge on any atom is -0.502 e. The van der Waals surface area contributed by atoms with E-state index in [1.807, 2.05) is 6.07 Å². The zero-order valence-corrected chi connectivity index (χ0v) is 14.2. The molecule has 12 heteroatoms. The molecule has 0 amide bonds. The van der Waals surface area contributed by atoms with Gasteiger partial charge in [-0.3, -0.25) is 20.2 Å². The second-order valence-corrected chi connectivity index (χ2v) is 5.58. The van der Waals surface area contributed by atoms with E-state index in [-0.39, 0.29) is 10.3 Å². The molecule has 136 valence electrons. The lowest BCUT2D eigenvalue weighted by molar-refractivity contribution is -0.394. The van der Waals surface area contributed by atoms with Crippen molar-refractivity contribution in [3.8, 4) is 17.1 Å². The van der Waals surface area contributed by atoms with Crippen LogP contribution in [0.5, 0.6) is 5.75 Å². The maximum absolute atomic E-state index is 11.0. The number of aromatic nitrogens is 3. The van der Waals surface area contributed by atoms with E-state index in [2.05, 4.69) is 15.3 Å². The molecule has 0 aliphatic rings. The summed E-state index contributed by atoms with van der Waals surface area (Å²) in [7, 11) is 0. The number of phenols is 1. The van der Waals surface area contributed by atoms with E-state index in [4.69, 9.17) is 12.2 Å². The van der Waals surface area contributed by atoms with Crippen LogP contribution in [0.15, 0.2) is 47.6 Å². The summed E-state index contributed by atoms with van der Waals surface area (Å²) in [6.45, 7) is 0. The summed E-state index contributed by atoms with van der Waals surface area (Å²) in [5.74, 6) is -0.387. The largest absolute Gasteiger partial charge is 0.502 e. The molecule has 0 saturated heterocycles. The number of aromatic amines is 1. The van der Waals surface area contributed by atoms with Gasteiger partial charge < -0.3 is 5.11 Å². The van der Waals surface area contributed by atoms with Gasteiger partial charge in [-0.25, -0.2) is 5.10 Å². The highest BCUT2D eigenvalue weighted by atomic mass is 32.1. The molecule has 0 unspecified atom stereocenters. The monoisotopic (exact) mass is 386 g/mol. The van der Waals surface area contributed by atoms with Crippen molar-refractivity contribution in [2.24, 2.45) is 5.10 Å². The van der Waals surface area contributed by atoms with Crippen LogP contribution in [0.3, 0.4) is 0 Å². The van der Waals surface area contributed by atoms with Gasteiger partial charge in [0.15, 0.2) is 5.82 Å². The number of nitro groups is 2. The van der Waals surface area contributed by atoms with Gasteiger partial charge in [0.1, 0.15) is 0 Å². The van der Waals surface area contributed by atoms with E-state index in [0.717, 1.165) is 12.3 Å². The average molecular weight is 386 g/mol. The van der Waals surface area contributed by atoms with Gasteiger partial charge in [0, 0.05) is 11.6 Å². The molecule has 3 rings (SSSR count). The summed E-state index contributed by atoms with van der Waals surface area (Å²) < 4.78 is 1.36.